The molecular weight excluding hydrogens is 386 g/mol. The number of hydrogen-bond acceptors (Lipinski definition) is 6. The molecule has 0 saturated heterocycles. The predicted molar refractivity (Wildman–Crippen MR) is 111 cm³/mol. The lowest BCUT2D eigenvalue weighted by Crippen LogP contribution is -2.24. The minimum absolute atomic E-state index is 0.134. The molecule has 0 spiro atoms. The van der Waals surface area contributed by atoms with Crippen LogP contribution >= 0.6 is 0 Å². The lowest BCUT2D eigenvalue weighted by atomic mass is 10.1. The van der Waals surface area contributed by atoms with Crippen molar-refractivity contribution < 1.29 is 18.7 Å². The minimum Gasteiger partial charge on any atom is -0.469 e. The lowest BCUT2D eigenvalue weighted by Gasteiger charge is -2.09. The molecular formula is C22H21N3O5. The third kappa shape index (κ3) is 3.30. The van der Waals surface area contributed by atoms with Crippen LogP contribution in [-0.4, -0.2) is 33.0 Å². The quantitative estimate of drug-likeness (QED) is 0.360. The van der Waals surface area contributed by atoms with Crippen molar-refractivity contribution in [2.45, 2.75) is 33.4 Å². The molecule has 154 valence electrons. The summed E-state index contributed by atoms with van der Waals surface area (Å²) in [4.78, 5) is 41.6. The van der Waals surface area contributed by atoms with Gasteiger partial charge in [-0.3, -0.25) is 19.0 Å². The van der Waals surface area contributed by atoms with Gasteiger partial charge >= 0.3 is 5.97 Å². The van der Waals surface area contributed by atoms with Crippen LogP contribution in [0.25, 0.3) is 22.1 Å². The zero-order valence-electron chi connectivity index (χ0n) is 17.0. The number of fused-ring (bicyclic) bond motifs is 3. The maximum absolute atomic E-state index is 12.9. The van der Waals surface area contributed by atoms with Crippen LogP contribution in [-0.2, 0) is 22.6 Å². The second kappa shape index (κ2) is 7.62. The molecule has 30 heavy (non-hydrogen) atoms. The van der Waals surface area contributed by atoms with Gasteiger partial charge in [-0.05, 0) is 32.0 Å². The minimum atomic E-state index is -0.399. The number of Topliss-reactive ketones (excluding diaryl/α,β-unsaturated/α-hetero) is 1. The van der Waals surface area contributed by atoms with Gasteiger partial charge in [0.2, 0.25) is 5.58 Å². The van der Waals surface area contributed by atoms with Gasteiger partial charge in [0.05, 0.1) is 26.4 Å². The molecule has 4 aromatic rings. The van der Waals surface area contributed by atoms with Crippen molar-refractivity contribution in [3.8, 4) is 0 Å². The van der Waals surface area contributed by atoms with Crippen molar-refractivity contribution in [2.24, 2.45) is 0 Å². The molecule has 0 amide bonds. The molecule has 8 nitrogen and oxygen atoms in total. The van der Waals surface area contributed by atoms with Gasteiger partial charge in [-0.25, -0.2) is 4.98 Å². The molecule has 0 saturated carbocycles. The largest absolute Gasteiger partial charge is 0.469 e. The molecule has 0 aliphatic heterocycles. The summed E-state index contributed by atoms with van der Waals surface area (Å²) in [6.45, 7) is 3.96. The lowest BCUT2D eigenvalue weighted by molar-refractivity contribution is -0.140. The van der Waals surface area contributed by atoms with E-state index in [9.17, 15) is 14.4 Å². The average Bonchev–Trinajstić information content (AvgIpc) is 3.26. The Hall–Kier alpha value is -3.68. The summed E-state index contributed by atoms with van der Waals surface area (Å²) < 4.78 is 13.5. The van der Waals surface area contributed by atoms with Gasteiger partial charge in [-0.2, -0.15) is 0 Å². The summed E-state index contributed by atoms with van der Waals surface area (Å²) in [5, 5.41) is 0.761. The number of methoxy groups -OCH3 is 1. The van der Waals surface area contributed by atoms with E-state index in [0.29, 0.717) is 23.2 Å². The monoisotopic (exact) mass is 407 g/mol. The van der Waals surface area contributed by atoms with E-state index < -0.39 is 5.56 Å². The van der Waals surface area contributed by atoms with Crippen molar-refractivity contribution in [3.63, 3.8) is 0 Å². The normalized spacial score (nSPS) is 11.3. The molecule has 0 fully saturated rings. The number of ketones is 1. The van der Waals surface area contributed by atoms with E-state index in [1.165, 1.54) is 18.0 Å². The molecule has 3 aromatic heterocycles. The number of para-hydroxylation sites is 1. The van der Waals surface area contributed by atoms with Gasteiger partial charge < -0.3 is 13.7 Å². The molecule has 0 atom stereocenters. The van der Waals surface area contributed by atoms with Crippen molar-refractivity contribution in [1.29, 1.82) is 0 Å². The van der Waals surface area contributed by atoms with Gasteiger partial charge in [0, 0.05) is 28.9 Å². The summed E-state index contributed by atoms with van der Waals surface area (Å²) in [6, 6.07) is 9.06. The standard InChI is InChI=1S/C22H21N3O5/c1-13-10-16(14(2)25(13)9-8-19(27)29-3)17(26)11-24-12-23-20-15-6-4-5-7-18(15)30-21(20)22(24)28/h4-7,10,12H,8-9,11H2,1-3H3. The fourth-order valence-corrected chi connectivity index (χ4v) is 3.70. The molecule has 0 unspecified atom stereocenters. The number of carbonyl (C=O) groups excluding carboxylic acids is 2. The number of hydrogen-bond donors (Lipinski definition) is 0. The molecule has 3 heterocycles. The topological polar surface area (TPSA) is 96.3 Å². The molecule has 0 radical (unpaired) electrons. The molecule has 0 aliphatic carbocycles. The maximum Gasteiger partial charge on any atom is 0.307 e. The predicted octanol–water partition coefficient (Wildman–Crippen LogP) is 3.01. The van der Waals surface area contributed by atoms with Crippen molar-refractivity contribution in [1.82, 2.24) is 14.1 Å². The van der Waals surface area contributed by atoms with Crippen LogP contribution in [0.2, 0.25) is 0 Å². The van der Waals surface area contributed by atoms with Crippen molar-refractivity contribution in [2.75, 3.05) is 7.11 Å². The van der Waals surface area contributed by atoms with E-state index in [2.05, 4.69) is 9.72 Å². The number of benzene rings is 1. The molecule has 0 bridgehead atoms. The fourth-order valence-electron chi connectivity index (χ4n) is 3.70. The molecule has 0 aliphatic rings. The van der Waals surface area contributed by atoms with E-state index in [0.717, 1.165) is 16.8 Å². The highest BCUT2D eigenvalue weighted by atomic mass is 16.5. The van der Waals surface area contributed by atoms with Crippen molar-refractivity contribution in [3.05, 3.63) is 64.0 Å². The SMILES string of the molecule is COC(=O)CCn1c(C)cc(C(=O)Cn2cnc3c(oc4ccccc43)c2=O)c1C. The van der Waals surface area contributed by atoms with Crippen molar-refractivity contribution >= 4 is 33.8 Å². The highest BCUT2D eigenvalue weighted by Gasteiger charge is 2.19. The van der Waals surface area contributed by atoms with Gasteiger partial charge in [0.1, 0.15) is 11.1 Å². The Balaban J connectivity index is 1.63. The van der Waals surface area contributed by atoms with Crippen LogP contribution < -0.4 is 5.56 Å². The van der Waals surface area contributed by atoms with E-state index >= 15 is 0 Å². The van der Waals surface area contributed by atoms with E-state index in [1.54, 1.807) is 12.1 Å². The number of carbonyl (C=O) groups is 2. The van der Waals surface area contributed by atoms with Gasteiger partial charge in [-0.1, -0.05) is 12.1 Å². The number of nitrogens with zero attached hydrogens (tertiary/aromatic N) is 3. The Bertz CT molecular complexity index is 1340. The van der Waals surface area contributed by atoms with Gasteiger partial charge in [0.25, 0.3) is 5.56 Å². The van der Waals surface area contributed by atoms with Crippen LogP contribution in [0.4, 0.5) is 0 Å². The van der Waals surface area contributed by atoms with Crippen LogP contribution in [0.1, 0.15) is 28.2 Å². The first-order valence-electron chi connectivity index (χ1n) is 9.54. The number of ether oxygens (including phenoxy) is 1. The first-order valence-corrected chi connectivity index (χ1v) is 9.54. The van der Waals surface area contributed by atoms with E-state index in [4.69, 9.17) is 4.42 Å². The Labute approximate surface area is 171 Å². The van der Waals surface area contributed by atoms with Crippen LogP contribution in [0, 0.1) is 13.8 Å². The molecule has 0 N–H and O–H groups in total. The summed E-state index contributed by atoms with van der Waals surface area (Å²) in [6.07, 6.45) is 1.59. The van der Waals surface area contributed by atoms with Gasteiger partial charge in [0.15, 0.2) is 5.78 Å². The Morgan fingerprint density at radius 2 is 1.97 bits per heavy atom. The zero-order valence-corrected chi connectivity index (χ0v) is 17.0. The second-order valence-electron chi connectivity index (χ2n) is 7.14. The smallest absolute Gasteiger partial charge is 0.307 e. The number of esters is 1. The van der Waals surface area contributed by atoms with Crippen LogP contribution in [0.5, 0.6) is 0 Å². The Morgan fingerprint density at radius 3 is 2.73 bits per heavy atom. The molecule has 1 aromatic carbocycles. The van der Waals surface area contributed by atoms with Gasteiger partial charge in [-0.15, -0.1) is 0 Å². The van der Waals surface area contributed by atoms with E-state index in [1.807, 2.05) is 36.6 Å². The number of aromatic nitrogens is 3. The highest BCUT2D eigenvalue weighted by molar-refractivity contribution is 6.02. The Morgan fingerprint density at radius 1 is 1.20 bits per heavy atom. The average molecular weight is 407 g/mol. The second-order valence-corrected chi connectivity index (χ2v) is 7.14. The fraction of sp³-hybridized carbons (Fsp3) is 0.273. The Kier molecular flexibility index (Phi) is 4.99. The molecule has 8 heteroatoms. The number of aryl methyl sites for hydroxylation is 1. The van der Waals surface area contributed by atoms with E-state index in [-0.39, 0.29) is 30.3 Å². The number of furan rings is 1. The van der Waals surface area contributed by atoms with Crippen LogP contribution in [0.15, 0.2) is 45.9 Å². The maximum atomic E-state index is 12.9. The summed E-state index contributed by atoms with van der Waals surface area (Å²) in [7, 11) is 1.34. The summed E-state index contributed by atoms with van der Waals surface area (Å²) in [5.74, 6) is -0.529. The first-order chi connectivity index (χ1) is 14.4. The highest BCUT2D eigenvalue weighted by Crippen LogP contribution is 2.24. The third-order valence-electron chi connectivity index (χ3n) is 5.31. The molecule has 4 rings (SSSR count). The third-order valence-corrected chi connectivity index (χ3v) is 5.31. The number of rotatable bonds is 6. The summed E-state index contributed by atoms with van der Waals surface area (Å²) >= 11 is 0. The zero-order chi connectivity index (χ0) is 21.4. The summed E-state index contributed by atoms with van der Waals surface area (Å²) in [5.41, 5.74) is 2.91. The first kappa shape index (κ1) is 19.6. The van der Waals surface area contributed by atoms with Crippen LogP contribution in [0.3, 0.4) is 0 Å².